The number of hydrogen-bond acceptors (Lipinski definition) is 4. The van der Waals surface area contributed by atoms with Gasteiger partial charge in [0.15, 0.2) is 5.69 Å². The molecule has 2 aromatic rings. The molecule has 0 radical (unpaired) electrons. The van der Waals surface area contributed by atoms with Gasteiger partial charge in [-0.05, 0) is 32.4 Å². The maximum Gasteiger partial charge on any atom is 0.362 e. The van der Waals surface area contributed by atoms with Crippen molar-refractivity contribution in [3.8, 4) is 5.75 Å². The van der Waals surface area contributed by atoms with E-state index in [1.807, 2.05) is 32.9 Å². The second-order valence-electron chi connectivity index (χ2n) is 4.91. The van der Waals surface area contributed by atoms with E-state index < -0.39 is 11.9 Å². The van der Waals surface area contributed by atoms with Crippen molar-refractivity contribution < 1.29 is 19.4 Å². The van der Waals surface area contributed by atoms with Crippen molar-refractivity contribution in [2.45, 2.75) is 26.8 Å². The summed E-state index contributed by atoms with van der Waals surface area (Å²) < 4.78 is 6.67. The lowest BCUT2D eigenvalue weighted by atomic mass is 10.2. The van der Waals surface area contributed by atoms with Crippen LogP contribution in [0.25, 0.3) is 0 Å². The van der Waals surface area contributed by atoms with E-state index in [1.54, 1.807) is 12.1 Å². The summed E-state index contributed by atoms with van der Waals surface area (Å²) in [5.74, 6) is -1.37. The highest BCUT2D eigenvalue weighted by Crippen LogP contribution is 2.19. The van der Waals surface area contributed by atoms with Crippen molar-refractivity contribution >= 4 is 11.9 Å². The van der Waals surface area contributed by atoms with Gasteiger partial charge in [-0.1, -0.05) is 18.2 Å². The van der Waals surface area contributed by atoms with Crippen molar-refractivity contribution in [1.29, 1.82) is 0 Å². The lowest BCUT2D eigenvalue weighted by Crippen LogP contribution is -2.17. The summed E-state index contributed by atoms with van der Waals surface area (Å²) in [5.41, 5.74) is 0.756. The van der Waals surface area contributed by atoms with Crippen LogP contribution in [0.2, 0.25) is 0 Å². The number of carboxylic acids is 1. The summed E-state index contributed by atoms with van der Waals surface area (Å²) in [4.78, 5) is 23.2. The molecule has 0 bridgehead atoms. The fourth-order valence-corrected chi connectivity index (χ4v) is 1.87. The lowest BCUT2D eigenvalue weighted by Gasteiger charge is -2.11. The summed E-state index contributed by atoms with van der Waals surface area (Å²) in [7, 11) is 0. The van der Waals surface area contributed by atoms with Gasteiger partial charge in [0.25, 0.3) is 0 Å². The molecule has 0 aliphatic carbocycles. The van der Waals surface area contributed by atoms with Gasteiger partial charge in [0.05, 0.1) is 0 Å². The maximum absolute atomic E-state index is 12.3. The van der Waals surface area contributed by atoms with Gasteiger partial charge in [0.2, 0.25) is 0 Å². The number of nitrogens with zero attached hydrogens (tertiary/aromatic N) is 2. The number of benzene rings is 1. The number of aryl methyl sites for hydroxylation is 1. The molecular weight excluding hydrogens is 272 g/mol. The largest absolute Gasteiger partial charge is 0.476 e. The number of carbonyl (C=O) groups excluding carboxylic acids is 1. The SMILES string of the molecule is Cc1ccccc1OC(=O)c1cc(C(=O)O)nn1C(C)C. The Kier molecular flexibility index (Phi) is 4.07. The Morgan fingerprint density at radius 1 is 1.29 bits per heavy atom. The Hall–Kier alpha value is -2.63. The van der Waals surface area contributed by atoms with Gasteiger partial charge in [-0.25, -0.2) is 9.59 Å². The molecule has 110 valence electrons. The number of ether oxygens (including phenoxy) is 1. The van der Waals surface area contributed by atoms with Crippen LogP contribution in [-0.4, -0.2) is 26.8 Å². The summed E-state index contributed by atoms with van der Waals surface area (Å²) in [5, 5.41) is 12.9. The van der Waals surface area contributed by atoms with E-state index in [1.165, 1.54) is 10.7 Å². The smallest absolute Gasteiger partial charge is 0.362 e. The number of aromatic nitrogens is 2. The highest BCUT2D eigenvalue weighted by Gasteiger charge is 2.22. The Labute approximate surface area is 122 Å². The summed E-state index contributed by atoms with van der Waals surface area (Å²) in [6.45, 7) is 5.44. The summed E-state index contributed by atoms with van der Waals surface area (Å²) in [6, 6.07) is 8.18. The molecule has 0 spiro atoms. The number of carbonyl (C=O) groups is 2. The van der Waals surface area contributed by atoms with Crippen LogP contribution >= 0.6 is 0 Å². The van der Waals surface area contributed by atoms with Gasteiger partial charge in [-0.15, -0.1) is 0 Å². The normalized spacial score (nSPS) is 10.7. The van der Waals surface area contributed by atoms with Gasteiger partial charge < -0.3 is 9.84 Å². The van der Waals surface area contributed by atoms with Crippen molar-refractivity contribution in [3.63, 3.8) is 0 Å². The second kappa shape index (κ2) is 5.78. The minimum Gasteiger partial charge on any atom is -0.476 e. The Balaban J connectivity index is 2.35. The molecule has 21 heavy (non-hydrogen) atoms. The molecule has 0 aliphatic rings. The van der Waals surface area contributed by atoms with E-state index in [2.05, 4.69) is 5.10 Å². The maximum atomic E-state index is 12.3. The molecule has 0 unspecified atom stereocenters. The Morgan fingerprint density at radius 3 is 2.52 bits per heavy atom. The highest BCUT2D eigenvalue weighted by atomic mass is 16.5. The molecule has 0 aliphatic heterocycles. The van der Waals surface area contributed by atoms with Crippen LogP contribution in [0.15, 0.2) is 30.3 Å². The molecule has 0 saturated heterocycles. The van der Waals surface area contributed by atoms with Crippen molar-refractivity contribution in [3.05, 3.63) is 47.3 Å². The summed E-state index contributed by atoms with van der Waals surface area (Å²) in [6.07, 6.45) is 0. The fraction of sp³-hybridized carbons (Fsp3) is 0.267. The van der Waals surface area contributed by atoms with Crippen LogP contribution in [0.1, 0.15) is 46.4 Å². The van der Waals surface area contributed by atoms with Gasteiger partial charge >= 0.3 is 11.9 Å². The van der Waals surface area contributed by atoms with Crippen LogP contribution in [-0.2, 0) is 0 Å². The quantitative estimate of drug-likeness (QED) is 0.691. The number of aromatic carboxylic acids is 1. The molecular formula is C15H16N2O4. The zero-order chi connectivity index (χ0) is 15.6. The second-order valence-corrected chi connectivity index (χ2v) is 4.91. The van der Waals surface area contributed by atoms with Crippen LogP contribution in [0, 0.1) is 6.92 Å². The molecule has 0 saturated carbocycles. The van der Waals surface area contributed by atoms with Gasteiger partial charge in [0.1, 0.15) is 11.4 Å². The predicted molar refractivity (Wildman–Crippen MR) is 75.7 cm³/mol. The molecule has 1 N–H and O–H groups in total. The van der Waals surface area contributed by atoms with E-state index in [4.69, 9.17) is 9.84 Å². The van der Waals surface area contributed by atoms with Crippen LogP contribution in [0.5, 0.6) is 5.75 Å². The standard InChI is InChI=1S/C15H16N2O4/c1-9(2)17-12(8-11(16-17)14(18)19)15(20)21-13-7-5-4-6-10(13)3/h4-9H,1-3H3,(H,18,19). The van der Waals surface area contributed by atoms with Crippen molar-refractivity contribution in [2.24, 2.45) is 0 Å². The molecule has 1 aromatic heterocycles. The molecule has 6 nitrogen and oxygen atoms in total. The van der Waals surface area contributed by atoms with E-state index in [0.717, 1.165) is 5.56 Å². The first-order chi connectivity index (χ1) is 9.90. The van der Waals surface area contributed by atoms with Crippen LogP contribution < -0.4 is 4.74 Å². The molecule has 2 rings (SSSR count). The first kappa shape index (κ1) is 14.8. The van der Waals surface area contributed by atoms with E-state index in [-0.39, 0.29) is 17.4 Å². The van der Waals surface area contributed by atoms with E-state index in [0.29, 0.717) is 5.75 Å². The molecule has 0 fully saturated rings. The van der Waals surface area contributed by atoms with Crippen molar-refractivity contribution in [1.82, 2.24) is 9.78 Å². The third-order valence-electron chi connectivity index (χ3n) is 2.95. The number of para-hydroxylation sites is 1. The highest BCUT2D eigenvalue weighted by molar-refractivity contribution is 5.93. The molecule has 6 heteroatoms. The van der Waals surface area contributed by atoms with Gasteiger partial charge in [-0.3, -0.25) is 4.68 Å². The van der Waals surface area contributed by atoms with Crippen molar-refractivity contribution in [2.75, 3.05) is 0 Å². The first-order valence-corrected chi connectivity index (χ1v) is 6.50. The zero-order valence-corrected chi connectivity index (χ0v) is 12.0. The Bertz CT molecular complexity index is 689. The van der Waals surface area contributed by atoms with Crippen LogP contribution in [0.4, 0.5) is 0 Å². The van der Waals surface area contributed by atoms with E-state index in [9.17, 15) is 9.59 Å². The average molecular weight is 288 g/mol. The fourth-order valence-electron chi connectivity index (χ4n) is 1.87. The predicted octanol–water partition coefficient (Wildman–Crippen LogP) is 2.69. The number of rotatable bonds is 4. The average Bonchev–Trinajstić information content (AvgIpc) is 2.87. The van der Waals surface area contributed by atoms with Gasteiger partial charge in [-0.2, -0.15) is 5.10 Å². The minimum absolute atomic E-state index is 0.116. The molecule has 0 amide bonds. The first-order valence-electron chi connectivity index (χ1n) is 6.50. The molecule has 1 aromatic carbocycles. The number of hydrogen-bond donors (Lipinski definition) is 1. The summed E-state index contributed by atoms with van der Waals surface area (Å²) >= 11 is 0. The topological polar surface area (TPSA) is 81.4 Å². The Morgan fingerprint density at radius 2 is 1.95 bits per heavy atom. The minimum atomic E-state index is -1.18. The number of esters is 1. The van der Waals surface area contributed by atoms with Crippen LogP contribution in [0.3, 0.4) is 0 Å². The monoisotopic (exact) mass is 288 g/mol. The number of carboxylic acid groups (broad SMARTS) is 1. The third-order valence-corrected chi connectivity index (χ3v) is 2.95. The third kappa shape index (κ3) is 3.10. The molecule has 0 atom stereocenters. The zero-order valence-electron chi connectivity index (χ0n) is 12.0. The molecule has 1 heterocycles. The van der Waals surface area contributed by atoms with E-state index >= 15 is 0 Å². The van der Waals surface area contributed by atoms with Gasteiger partial charge in [0, 0.05) is 12.1 Å². The lowest BCUT2D eigenvalue weighted by molar-refractivity contribution is 0.0686.